The average Bonchev–Trinajstić information content (AvgIpc) is 2.38. The third-order valence-corrected chi connectivity index (χ3v) is 3.73. The van der Waals surface area contributed by atoms with Gasteiger partial charge in [0.05, 0.1) is 0 Å². The number of nitrogens with one attached hydrogen (secondary N) is 1. The predicted octanol–water partition coefficient (Wildman–Crippen LogP) is 0.925. The molecule has 5 heteroatoms. The summed E-state index contributed by atoms with van der Waals surface area (Å²) in [5.41, 5.74) is 5.77. The number of nitrogens with two attached hydrogens (primary N) is 2. The molecule has 0 aromatic heterocycles. The van der Waals surface area contributed by atoms with Gasteiger partial charge < -0.3 is 16.1 Å². The highest BCUT2D eigenvalue weighted by atomic mass is 16.2. The Kier molecular flexibility index (Phi) is 5.98. The largest absolute Gasteiger partial charge is 0.403 e. The molecule has 5 N–H and O–H groups in total. The molecule has 0 bridgehead atoms. The summed E-state index contributed by atoms with van der Waals surface area (Å²) in [5, 5.41) is 4.28. The van der Waals surface area contributed by atoms with Gasteiger partial charge in [-0.25, -0.2) is 5.84 Å². The Morgan fingerprint density at radius 1 is 1.39 bits per heavy atom. The summed E-state index contributed by atoms with van der Waals surface area (Å²) in [4.78, 5) is 11.9. The first kappa shape index (κ1) is 14.8. The van der Waals surface area contributed by atoms with Crippen LogP contribution < -0.4 is 16.9 Å². The molecule has 0 saturated heterocycles. The van der Waals surface area contributed by atoms with Gasteiger partial charge in [-0.1, -0.05) is 19.8 Å². The standard InChI is InChI=1S/C13H26N4O/c1-3-17(15)12(8-14)13(18)16-9-11-6-4-10(2)5-7-11/h8,10-11H,3-7,9,14-15H2,1-2H3,(H,16,18)/b12-8-. The SMILES string of the molecule is CCN(N)/C(=C\N)C(=O)NCC1CCC(C)CC1. The summed E-state index contributed by atoms with van der Waals surface area (Å²) in [7, 11) is 0. The number of likely N-dealkylation sites (N-methyl/N-ethyl adjacent to an activating group) is 1. The molecule has 104 valence electrons. The third kappa shape index (κ3) is 4.22. The van der Waals surface area contributed by atoms with Gasteiger partial charge in [-0.3, -0.25) is 4.79 Å². The van der Waals surface area contributed by atoms with E-state index in [1.54, 1.807) is 0 Å². The molecule has 1 aliphatic rings. The van der Waals surface area contributed by atoms with Crippen molar-refractivity contribution in [3.8, 4) is 0 Å². The Morgan fingerprint density at radius 3 is 2.50 bits per heavy atom. The van der Waals surface area contributed by atoms with E-state index in [0.29, 0.717) is 18.2 Å². The molecule has 1 aliphatic carbocycles. The zero-order chi connectivity index (χ0) is 13.5. The second kappa shape index (κ2) is 7.26. The van der Waals surface area contributed by atoms with Crippen LogP contribution in [0.5, 0.6) is 0 Å². The Labute approximate surface area is 110 Å². The van der Waals surface area contributed by atoms with Crippen LogP contribution in [0.4, 0.5) is 0 Å². The van der Waals surface area contributed by atoms with Crippen LogP contribution in [0.15, 0.2) is 11.9 Å². The average molecular weight is 254 g/mol. The van der Waals surface area contributed by atoms with Crippen LogP contribution >= 0.6 is 0 Å². The molecule has 0 heterocycles. The molecule has 1 amide bonds. The lowest BCUT2D eigenvalue weighted by molar-refractivity contribution is -0.119. The second-order valence-corrected chi connectivity index (χ2v) is 5.17. The third-order valence-electron chi connectivity index (χ3n) is 3.73. The minimum atomic E-state index is -0.180. The van der Waals surface area contributed by atoms with Crippen molar-refractivity contribution in [2.45, 2.75) is 39.5 Å². The van der Waals surface area contributed by atoms with Gasteiger partial charge >= 0.3 is 0 Å². The molecule has 1 rings (SSSR count). The number of carbonyl (C=O) groups excluding carboxylic acids is 1. The number of amides is 1. The van der Waals surface area contributed by atoms with Crippen LogP contribution in [0.25, 0.3) is 0 Å². The van der Waals surface area contributed by atoms with Crippen LogP contribution in [-0.2, 0) is 4.79 Å². The lowest BCUT2D eigenvalue weighted by atomic mass is 9.83. The maximum absolute atomic E-state index is 11.9. The van der Waals surface area contributed by atoms with Gasteiger partial charge in [-0.05, 0) is 31.6 Å². The van der Waals surface area contributed by atoms with E-state index in [1.165, 1.54) is 36.9 Å². The molecular weight excluding hydrogens is 228 g/mol. The summed E-state index contributed by atoms with van der Waals surface area (Å²) in [5.74, 6) is 6.92. The van der Waals surface area contributed by atoms with Crippen molar-refractivity contribution >= 4 is 5.91 Å². The lowest BCUT2D eigenvalue weighted by Crippen LogP contribution is -2.41. The number of rotatable bonds is 5. The molecule has 0 unspecified atom stereocenters. The van der Waals surface area contributed by atoms with Crippen LogP contribution in [0.2, 0.25) is 0 Å². The monoisotopic (exact) mass is 254 g/mol. The fourth-order valence-corrected chi connectivity index (χ4v) is 2.33. The Hall–Kier alpha value is -1.23. The number of hydrogen-bond acceptors (Lipinski definition) is 4. The summed E-state index contributed by atoms with van der Waals surface area (Å²) in [6, 6.07) is 0. The number of hydrogen-bond donors (Lipinski definition) is 3. The van der Waals surface area contributed by atoms with Crippen LogP contribution in [-0.4, -0.2) is 24.0 Å². The Balaban J connectivity index is 2.36. The maximum Gasteiger partial charge on any atom is 0.270 e. The van der Waals surface area contributed by atoms with Gasteiger partial charge in [-0.2, -0.15) is 0 Å². The first-order valence-corrected chi connectivity index (χ1v) is 6.80. The fourth-order valence-electron chi connectivity index (χ4n) is 2.33. The molecule has 1 saturated carbocycles. The zero-order valence-electron chi connectivity index (χ0n) is 11.5. The quantitative estimate of drug-likeness (QED) is 0.387. The van der Waals surface area contributed by atoms with E-state index in [4.69, 9.17) is 11.6 Å². The van der Waals surface area contributed by atoms with Crippen LogP contribution in [0, 0.1) is 11.8 Å². The highest BCUT2D eigenvalue weighted by Gasteiger charge is 2.20. The van der Waals surface area contributed by atoms with E-state index in [-0.39, 0.29) is 5.91 Å². The molecule has 0 radical (unpaired) electrons. The molecule has 0 atom stereocenters. The summed E-state index contributed by atoms with van der Waals surface area (Å²) in [6.45, 7) is 5.44. The van der Waals surface area contributed by atoms with E-state index in [0.717, 1.165) is 12.5 Å². The van der Waals surface area contributed by atoms with Crippen molar-refractivity contribution in [1.82, 2.24) is 10.3 Å². The molecule has 0 spiro atoms. The summed E-state index contributed by atoms with van der Waals surface area (Å²) in [6.07, 6.45) is 6.18. The molecular formula is C13H26N4O. The normalized spacial score (nSPS) is 24.7. The second-order valence-electron chi connectivity index (χ2n) is 5.17. The minimum Gasteiger partial charge on any atom is -0.403 e. The number of carbonyl (C=O) groups is 1. The van der Waals surface area contributed by atoms with Gasteiger partial charge in [0, 0.05) is 19.3 Å². The van der Waals surface area contributed by atoms with Gasteiger partial charge in [0.1, 0.15) is 5.70 Å². The Morgan fingerprint density at radius 2 is 2.00 bits per heavy atom. The van der Waals surface area contributed by atoms with E-state index in [9.17, 15) is 4.79 Å². The molecule has 0 aromatic carbocycles. The highest BCUT2D eigenvalue weighted by molar-refractivity contribution is 5.92. The minimum absolute atomic E-state index is 0.180. The van der Waals surface area contributed by atoms with Gasteiger partial charge in [0.15, 0.2) is 0 Å². The van der Waals surface area contributed by atoms with E-state index >= 15 is 0 Å². The summed E-state index contributed by atoms with van der Waals surface area (Å²) < 4.78 is 0. The first-order chi connectivity index (χ1) is 8.58. The van der Waals surface area contributed by atoms with Crippen molar-refractivity contribution in [2.24, 2.45) is 23.4 Å². The summed E-state index contributed by atoms with van der Waals surface area (Å²) >= 11 is 0. The Bertz CT molecular complexity index is 295. The first-order valence-electron chi connectivity index (χ1n) is 6.80. The lowest BCUT2D eigenvalue weighted by Gasteiger charge is -2.27. The van der Waals surface area contributed by atoms with Gasteiger partial charge in [0.2, 0.25) is 0 Å². The van der Waals surface area contributed by atoms with E-state index in [1.807, 2.05) is 6.92 Å². The molecule has 18 heavy (non-hydrogen) atoms. The molecule has 1 fully saturated rings. The van der Waals surface area contributed by atoms with Crippen molar-refractivity contribution in [1.29, 1.82) is 0 Å². The smallest absolute Gasteiger partial charge is 0.270 e. The van der Waals surface area contributed by atoms with Crippen LogP contribution in [0.1, 0.15) is 39.5 Å². The van der Waals surface area contributed by atoms with E-state index < -0.39 is 0 Å². The molecule has 0 aromatic rings. The molecule has 0 aliphatic heterocycles. The predicted molar refractivity (Wildman–Crippen MR) is 73.0 cm³/mol. The number of nitrogens with zero attached hydrogens (tertiary/aromatic N) is 1. The van der Waals surface area contributed by atoms with Gasteiger partial charge in [0.25, 0.3) is 5.91 Å². The van der Waals surface area contributed by atoms with Crippen molar-refractivity contribution < 1.29 is 4.79 Å². The molecule has 5 nitrogen and oxygen atoms in total. The number of hydrazine groups is 1. The van der Waals surface area contributed by atoms with Crippen molar-refractivity contribution in [3.05, 3.63) is 11.9 Å². The maximum atomic E-state index is 11.9. The van der Waals surface area contributed by atoms with Gasteiger partial charge in [-0.15, -0.1) is 0 Å². The highest BCUT2D eigenvalue weighted by Crippen LogP contribution is 2.27. The van der Waals surface area contributed by atoms with Crippen molar-refractivity contribution in [3.63, 3.8) is 0 Å². The topological polar surface area (TPSA) is 84.4 Å². The van der Waals surface area contributed by atoms with Crippen LogP contribution in [0.3, 0.4) is 0 Å². The van der Waals surface area contributed by atoms with E-state index in [2.05, 4.69) is 12.2 Å². The van der Waals surface area contributed by atoms with Crippen molar-refractivity contribution in [2.75, 3.05) is 13.1 Å². The fraction of sp³-hybridized carbons (Fsp3) is 0.769. The zero-order valence-corrected chi connectivity index (χ0v) is 11.5.